The van der Waals surface area contributed by atoms with E-state index in [9.17, 15) is 4.39 Å². The Morgan fingerprint density at radius 2 is 1.76 bits per heavy atom. The molecule has 41 heavy (non-hydrogen) atoms. The monoisotopic (exact) mass is 547 g/mol. The lowest BCUT2D eigenvalue weighted by Crippen LogP contribution is -2.20. The summed E-state index contributed by atoms with van der Waals surface area (Å²) in [5, 5.41) is 12.0. The maximum atomic E-state index is 13.9. The summed E-state index contributed by atoms with van der Waals surface area (Å²) in [6.07, 6.45) is 11.0. The Bertz CT molecular complexity index is 1780. The first-order valence-corrected chi connectivity index (χ1v) is 14.5. The van der Waals surface area contributed by atoms with Gasteiger partial charge < -0.3 is 10.3 Å². The Labute approximate surface area is 238 Å². The summed E-state index contributed by atoms with van der Waals surface area (Å²) in [4.78, 5) is 17.4. The number of para-hydroxylation sites is 1. The molecule has 1 aliphatic rings. The van der Waals surface area contributed by atoms with Gasteiger partial charge in [0.25, 0.3) is 0 Å². The number of rotatable bonds is 7. The number of halogens is 1. The first kappa shape index (κ1) is 26.8. The van der Waals surface area contributed by atoms with Gasteiger partial charge in [-0.05, 0) is 66.8 Å². The molecule has 4 heterocycles. The molecule has 1 aliphatic carbocycles. The minimum absolute atomic E-state index is 0.276. The molecule has 4 aromatic heterocycles. The molecule has 2 aromatic carbocycles. The van der Waals surface area contributed by atoms with E-state index < -0.39 is 0 Å². The lowest BCUT2D eigenvalue weighted by molar-refractivity contribution is 0.489. The highest BCUT2D eigenvalue weighted by molar-refractivity contribution is 5.97. The smallest absolute Gasteiger partial charge is 0.181 e. The SMILES string of the molecule is CC.Fc1cccc(-c2cccc3[nH]c(-c4[nH]nc5ncc(-c6cncc(CNCC7CCCC7)c6)cc45)nc23)c1. The molecule has 7 nitrogen and oxygen atoms in total. The summed E-state index contributed by atoms with van der Waals surface area (Å²) in [5.74, 6) is 1.18. The van der Waals surface area contributed by atoms with E-state index in [1.165, 1.54) is 37.8 Å². The van der Waals surface area contributed by atoms with Gasteiger partial charge in [0.05, 0.1) is 16.4 Å². The zero-order valence-corrected chi connectivity index (χ0v) is 23.4. The molecule has 0 bridgehead atoms. The molecular weight excluding hydrogens is 513 g/mol. The quantitative estimate of drug-likeness (QED) is 0.191. The van der Waals surface area contributed by atoms with Gasteiger partial charge in [-0.3, -0.25) is 10.1 Å². The van der Waals surface area contributed by atoms with E-state index in [4.69, 9.17) is 4.98 Å². The average Bonchev–Trinajstić information content (AvgIpc) is 3.78. The van der Waals surface area contributed by atoms with Gasteiger partial charge in [-0.15, -0.1) is 0 Å². The van der Waals surface area contributed by atoms with Crippen LogP contribution in [0.3, 0.4) is 0 Å². The lowest BCUT2D eigenvalue weighted by Gasteiger charge is -2.11. The number of aromatic nitrogens is 6. The predicted molar refractivity (Wildman–Crippen MR) is 163 cm³/mol. The van der Waals surface area contributed by atoms with Crippen molar-refractivity contribution >= 4 is 22.1 Å². The van der Waals surface area contributed by atoms with Crippen molar-refractivity contribution in [1.82, 2.24) is 35.5 Å². The molecule has 0 spiro atoms. The average molecular weight is 548 g/mol. The molecule has 0 unspecified atom stereocenters. The number of H-pyrrole nitrogens is 2. The van der Waals surface area contributed by atoms with Crippen LogP contribution in [0.25, 0.3) is 55.8 Å². The summed E-state index contributed by atoms with van der Waals surface area (Å²) in [7, 11) is 0. The van der Waals surface area contributed by atoms with E-state index in [2.05, 4.69) is 42.6 Å². The van der Waals surface area contributed by atoms with Crippen molar-refractivity contribution < 1.29 is 4.39 Å². The van der Waals surface area contributed by atoms with E-state index in [1.807, 2.05) is 56.7 Å². The second-order valence-electron chi connectivity index (χ2n) is 10.4. The molecular formula is C33H34FN7. The number of nitrogens with one attached hydrogen (secondary N) is 3. The van der Waals surface area contributed by atoms with Gasteiger partial charge in [-0.25, -0.2) is 14.4 Å². The van der Waals surface area contributed by atoms with Crippen LogP contribution >= 0.6 is 0 Å². The Kier molecular flexibility index (Phi) is 7.82. The molecule has 0 aliphatic heterocycles. The summed E-state index contributed by atoms with van der Waals surface area (Å²) in [5.41, 5.74) is 7.77. The van der Waals surface area contributed by atoms with Gasteiger partial charge in [-0.2, -0.15) is 5.10 Å². The minimum Gasteiger partial charge on any atom is -0.337 e. The number of hydrogen-bond donors (Lipinski definition) is 3. The summed E-state index contributed by atoms with van der Waals surface area (Å²) < 4.78 is 13.9. The Hall–Kier alpha value is -4.43. The van der Waals surface area contributed by atoms with Crippen LogP contribution in [0.2, 0.25) is 0 Å². The molecule has 7 rings (SSSR count). The zero-order valence-electron chi connectivity index (χ0n) is 23.4. The Morgan fingerprint density at radius 1 is 0.927 bits per heavy atom. The number of hydrogen-bond acceptors (Lipinski definition) is 5. The third kappa shape index (κ3) is 5.60. The Morgan fingerprint density at radius 3 is 2.61 bits per heavy atom. The normalized spacial score (nSPS) is 13.5. The highest BCUT2D eigenvalue weighted by Gasteiger charge is 2.17. The number of pyridine rings is 2. The van der Waals surface area contributed by atoms with Crippen LogP contribution in [0.5, 0.6) is 0 Å². The fraction of sp³-hybridized carbons (Fsp3) is 0.273. The molecule has 208 valence electrons. The molecule has 6 aromatic rings. The van der Waals surface area contributed by atoms with Gasteiger partial charge in [0, 0.05) is 41.8 Å². The number of aromatic amines is 2. The van der Waals surface area contributed by atoms with E-state index >= 15 is 0 Å². The fourth-order valence-corrected chi connectivity index (χ4v) is 5.65. The highest BCUT2D eigenvalue weighted by atomic mass is 19.1. The maximum Gasteiger partial charge on any atom is 0.181 e. The minimum atomic E-state index is -0.276. The fourth-order valence-electron chi connectivity index (χ4n) is 5.65. The van der Waals surface area contributed by atoms with Crippen LogP contribution in [0, 0.1) is 11.7 Å². The van der Waals surface area contributed by atoms with Crippen molar-refractivity contribution in [2.24, 2.45) is 5.92 Å². The highest BCUT2D eigenvalue weighted by Crippen LogP contribution is 2.33. The van der Waals surface area contributed by atoms with Gasteiger partial charge in [0.15, 0.2) is 11.5 Å². The van der Waals surface area contributed by atoms with Crippen LogP contribution in [-0.4, -0.2) is 36.7 Å². The summed E-state index contributed by atoms with van der Waals surface area (Å²) in [6, 6.07) is 16.7. The first-order chi connectivity index (χ1) is 20.2. The Balaban J connectivity index is 0.00000148. The van der Waals surface area contributed by atoms with Crippen LogP contribution in [0.15, 0.2) is 73.2 Å². The van der Waals surface area contributed by atoms with Gasteiger partial charge in [0.1, 0.15) is 11.5 Å². The molecule has 1 fully saturated rings. The molecule has 8 heteroatoms. The van der Waals surface area contributed by atoms with Crippen LogP contribution < -0.4 is 5.32 Å². The third-order valence-electron chi connectivity index (χ3n) is 7.66. The van der Waals surface area contributed by atoms with E-state index in [0.717, 1.165) is 68.9 Å². The predicted octanol–water partition coefficient (Wildman–Crippen LogP) is 7.68. The maximum absolute atomic E-state index is 13.9. The number of nitrogens with zero attached hydrogens (tertiary/aromatic N) is 4. The van der Waals surface area contributed by atoms with Crippen molar-refractivity contribution in [3.63, 3.8) is 0 Å². The van der Waals surface area contributed by atoms with Crippen molar-refractivity contribution in [2.45, 2.75) is 46.1 Å². The molecule has 0 atom stereocenters. The number of imidazole rings is 1. The van der Waals surface area contributed by atoms with E-state index in [-0.39, 0.29) is 5.82 Å². The van der Waals surface area contributed by atoms with Gasteiger partial charge in [0.2, 0.25) is 0 Å². The lowest BCUT2D eigenvalue weighted by atomic mass is 10.0. The standard InChI is InChI=1S/C31H28FN7.C2H6/c32-24-8-3-7-21(12-24)25-9-4-10-27-28(25)37-31(36-27)29-26-13-23(18-35-30(26)39-38-29)22-11-20(16-34-17-22)15-33-14-19-5-1-2-6-19;1-2/h3-4,7-13,16-19,33H,1-2,5-6,14-15H2,(H,36,37)(H,35,38,39);1-2H3. The molecule has 0 radical (unpaired) electrons. The summed E-state index contributed by atoms with van der Waals surface area (Å²) in [6.45, 7) is 5.87. The van der Waals surface area contributed by atoms with Gasteiger partial charge in [-0.1, -0.05) is 51.0 Å². The molecule has 1 saturated carbocycles. The van der Waals surface area contributed by atoms with Gasteiger partial charge >= 0.3 is 0 Å². The van der Waals surface area contributed by atoms with Crippen molar-refractivity contribution in [1.29, 1.82) is 0 Å². The van der Waals surface area contributed by atoms with Crippen molar-refractivity contribution in [3.05, 3.63) is 84.6 Å². The molecule has 0 amide bonds. The van der Waals surface area contributed by atoms with Crippen LogP contribution in [0.4, 0.5) is 4.39 Å². The van der Waals surface area contributed by atoms with E-state index in [1.54, 1.807) is 6.07 Å². The second-order valence-corrected chi connectivity index (χ2v) is 10.4. The van der Waals surface area contributed by atoms with Crippen molar-refractivity contribution in [3.8, 4) is 33.8 Å². The molecule has 3 N–H and O–H groups in total. The zero-order chi connectivity index (χ0) is 28.2. The van der Waals surface area contributed by atoms with E-state index in [0.29, 0.717) is 11.5 Å². The topological polar surface area (TPSA) is 95.2 Å². The summed E-state index contributed by atoms with van der Waals surface area (Å²) >= 11 is 0. The molecule has 0 saturated heterocycles. The number of fused-ring (bicyclic) bond motifs is 2. The first-order valence-electron chi connectivity index (χ1n) is 14.5. The van der Waals surface area contributed by atoms with Crippen LogP contribution in [-0.2, 0) is 6.54 Å². The van der Waals surface area contributed by atoms with Crippen LogP contribution in [0.1, 0.15) is 45.1 Å². The number of benzene rings is 2. The third-order valence-corrected chi connectivity index (χ3v) is 7.66. The largest absolute Gasteiger partial charge is 0.337 e. The van der Waals surface area contributed by atoms with Crippen molar-refractivity contribution in [2.75, 3.05) is 6.54 Å². The second kappa shape index (κ2) is 12.0.